The van der Waals surface area contributed by atoms with Crippen molar-refractivity contribution in [3.8, 4) is 0 Å². The van der Waals surface area contributed by atoms with Crippen LogP contribution in [-0.4, -0.2) is 55.0 Å². The van der Waals surface area contributed by atoms with Crippen LogP contribution in [0.15, 0.2) is 207 Å². The molecule has 1 N–H and O–H groups in total. The molecule has 0 radical (unpaired) electrons. The predicted molar refractivity (Wildman–Crippen MR) is 292 cm³/mol. The van der Waals surface area contributed by atoms with Crippen LogP contribution in [0.3, 0.4) is 0 Å². The lowest BCUT2D eigenvalue weighted by Crippen LogP contribution is -2.68. The Morgan fingerprint density at radius 1 is 0.463 bits per heavy atom. The Balaban J connectivity index is 1.46. The van der Waals surface area contributed by atoms with Gasteiger partial charge in [0.1, 0.15) is 0 Å². The Labute approximate surface area is 407 Å². The van der Waals surface area contributed by atoms with Crippen LogP contribution in [0.4, 0.5) is 0 Å². The van der Waals surface area contributed by atoms with Crippen molar-refractivity contribution in [2.75, 3.05) is 6.61 Å². The fraction of sp³-hybridized carbons (Fsp3) is 0.333. The Morgan fingerprint density at radius 2 is 0.776 bits per heavy atom. The number of rotatable bonds is 21. The van der Waals surface area contributed by atoms with Crippen molar-refractivity contribution >= 4 is 56.1 Å². The first-order chi connectivity index (χ1) is 32.0. The zero-order valence-corrected chi connectivity index (χ0v) is 44.7. The molecule has 6 aromatic rings. The highest BCUT2D eigenvalue weighted by atomic mass is 28.4. The molecule has 3 atom stereocenters. The van der Waals surface area contributed by atoms with E-state index >= 15 is 0 Å². The van der Waals surface area contributed by atoms with Crippen molar-refractivity contribution in [1.29, 1.82) is 0 Å². The molecule has 0 aromatic heterocycles. The summed E-state index contributed by atoms with van der Waals surface area (Å²) in [6.45, 7) is 25.5. The van der Waals surface area contributed by atoms with E-state index < -0.39 is 31.1 Å². The standard InChI is InChI=1S/C60H76O4Si3/c1-11-31-49(61)48-51(64-67(60(8,9)10,56-42-26-16-27-43-56)57-44-28-17-29-45-57)33-30-32-50(63-66(59(5,6)7,54-38-22-14-23-39-54)55-40-24-15-25-41-55)46-47-62-65(58(2,3)4,52-34-18-12-19-35-52)53-36-20-13-21-37-53/h11-30,33-45,49-51,61H,1,31-32,46-48H2,2-10H3/b33-30+/t49-,50+,51+/m0/s1. The molecule has 0 bridgehead atoms. The molecule has 0 aliphatic rings. The van der Waals surface area contributed by atoms with Crippen LogP contribution in [0.2, 0.25) is 15.1 Å². The number of hydrogen-bond donors (Lipinski definition) is 1. The third-order valence-corrected chi connectivity index (χ3v) is 28.6. The quantitative estimate of drug-likeness (QED) is 0.0577. The van der Waals surface area contributed by atoms with E-state index in [-0.39, 0.29) is 27.3 Å². The Hall–Kier alpha value is -4.71. The van der Waals surface area contributed by atoms with E-state index in [2.05, 4.69) is 263 Å². The van der Waals surface area contributed by atoms with Crippen LogP contribution in [0, 0.1) is 0 Å². The second-order valence-electron chi connectivity index (χ2n) is 21.1. The minimum absolute atomic E-state index is 0.165. The van der Waals surface area contributed by atoms with Crippen molar-refractivity contribution in [1.82, 2.24) is 0 Å². The Bertz CT molecular complexity index is 2290. The fourth-order valence-electron chi connectivity index (χ4n) is 10.3. The third-order valence-electron chi connectivity index (χ3n) is 13.4. The van der Waals surface area contributed by atoms with Gasteiger partial charge in [0.15, 0.2) is 0 Å². The Kier molecular flexibility index (Phi) is 17.4. The highest BCUT2D eigenvalue weighted by Crippen LogP contribution is 2.41. The normalized spacial score (nSPS) is 14.4. The summed E-state index contributed by atoms with van der Waals surface area (Å²) in [6, 6.07) is 65.2. The zero-order valence-electron chi connectivity index (χ0n) is 41.7. The summed E-state index contributed by atoms with van der Waals surface area (Å²) in [5.74, 6) is 0. The molecule has 0 aliphatic carbocycles. The van der Waals surface area contributed by atoms with Gasteiger partial charge in [-0.15, -0.1) is 6.58 Å². The van der Waals surface area contributed by atoms with E-state index in [4.69, 9.17) is 13.3 Å². The van der Waals surface area contributed by atoms with E-state index in [0.717, 1.165) is 0 Å². The Morgan fingerprint density at radius 3 is 1.09 bits per heavy atom. The van der Waals surface area contributed by atoms with E-state index in [9.17, 15) is 5.11 Å². The second kappa shape index (κ2) is 22.6. The maximum absolute atomic E-state index is 11.5. The molecule has 0 spiro atoms. The first-order valence-corrected chi connectivity index (χ1v) is 30.0. The SMILES string of the molecule is C=CC[C@H](O)C[C@@H](/C=C/C[C@H](CCO[Si](c1ccccc1)(c1ccccc1)C(C)(C)C)O[Si](c1ccccc1)(c1ccccc1)C(C)(C)C)O[Si](c1ccccc1)(c1ccccc1)C(C)(C)C. The van der Waals surface area contributed by atoms with Crippen LogP contribution < -0.4 is 31.1 Å². The van der Waals surface area contributed by atoms with Gasteiger partial charge in [0.2, 0.25) is 0 Å². The molecule has 6 aromatic carbocycles. The van der Waals surface area contributed by atoms with Gasteiger partial charge in [0.25, 0.3) is 25.0 Å². The van der Waals surface area contributed by atoms with Gasteiger partial charge < -0.3 is 18.4 Å². The lowest BCUT2D eigenvalue weighted by molar-refractivity contribution is 0.112. The average molecular weight is 946 g/mol. The van der Waals surface area contributed by atoms with Crippen molar-refractivity contribution in [3.05, 3.63) is 207 Å². The highest BCUT2D eigenvalue weighted by Gasteiger charge is 2.54. The topological polar surface area (TPSA) is 47.9 Å². The van der Waals surface area contributed by atoms with Crippen LogP contribution in [-0.2, 0) is 13.3 Å². The minimum atomic E-state index is -2.99. The van der Waals surface area contributed by atoms with E-state index in [1.54, 1.807) is 6.08 Å². The smallest absolute Gasteiger partial charge is 0.261 e. The van der Waals surface area contributed by atoms with Gasteiger partial charge in [0.05, 0.1) is 18.3 Å². The number of benzene rings is 6. The largest absolute Gasteiger partial charge is 0.407 e. The molecule has 0 saturated carbocycles. The van der Waals surface area contributed by atoms with Gasteiger partial charge >= 0.3 is 0 Å². The maximum Gasteiger partial charge on any atom is 0.261 e. The number of aliphatic hydroxyl groups excluding tert-OH is 1. The lowest BCUT2D eigenvalue weighted by atomic mass is 10.1. The lowest BCUT2D eigenvalue weighted by Gasteiger charge is -2.46. The third kappa shape index (κ3) is 11.6. The van der Waals surface area contributed by atoms with Crippen LogP contribution in [0.1, 0.15) is 88.0 Å². The van der Waals surface area contributed by atoms with Gasteiger partial charge in [-0.05, 0) is 65.5 Å². The van der Waals surface area contributed by atoms with Crippen molar-refractivity contribution in [2.45, 2.75) is 121 Å². The summed E-state index contributed by atoms with van der Waals surface area (Å²) in [4.78, 5) is 0. The number of hydrogen-bond acceptors (Lipinski definition) is 4. The van der Waals surface area contributed by atoms with Gasteiger partial charge in [-0.25, -0.2) is 0 Å². The highest BCUT2D eigenvalue weighted by molar-refractivity contribution is 7.00. The summed E-state index contributed by atoms with van der Waals surface area (Å²) in [5.41, 5.74) is 0. The minimum Gasteiger partial charge on any atom is -0.407 e. The molecule has 0 heterocycles. The van der Waals surface area contributed by atoms with Gasteiger partial charge in [-0.3, -0.25) is 0 Å². The zero-order chi connectivity index (χ0) is 48.2. The molecule has 0 aliphatic heterocycles. The molecule has 4 nitrogen and oxygen atoms in total. The van der Waals surface area contributed by atoms with E-state index in [1.807, 2.05) is 0 Å². The van der Waals surface area contributed by atoms with Gasteiger partial charge in [-0.2, -0.15) is 0 Å². The molecule has 0 amide bonds. The molecule has 0 saturated heterocycles. The molecule has 6 rings (SSSR count). The van der Waals surface area contributed by atoms with Crippen molar-refractivity contribution in [3.63, 3.8) is 0 Å². The molecule has 67 heavy (non-hydrogen) atoms. The first-order valence-electron chi connectivity index (χ1n) is 24.3. The predicted octanol–water partition coefficient (Wildman–Crippen LogP) is 11.1. The van der Waals surface area contributed by atoms with E-state index in [1.165, 1.54) is 31.1 Å². The van der Waals surface area contributed by atoms with Crippen molar-refractivity contribution in [2.24, 2.45) is 0 Å². The molecule has 0 unspecified atom stereocenters. The maximum atomic E-state index is 11.5. The number of aliphatic hydroxyl groups is 1. The summed E-state index contributed by atoms with van der Waals surface area (Å²) in [7, 11) is -8.81. The first kappa shape index (κ1) is 51.7. The monoisotopic (exact) mass is 945 g/mol. The van der Waals surface area contributed by atoms with Crippen LogP contribution in [0.25, 0.3) is 0 Å². The summed E-state index contributed by atoms with van der Waals surface area (Å²) in [6.07, 6.45) is 7.30. The summed E-state index contributed by atoms with van der Waals surface area (Å²) >= 11 is 0. The summed E-state index contributed by atoms with van der Waals surface area (Å²) in [5, 5.41) is 18.3. The molecular formula is C60H76O4Si3. The fourth-order valence-corrected chi connectivity index (χ4v) is 24.2. The molecular weight excluding hydrogens is 869 g/mol. The van der Waals surface area contributed by atoms with E-state index in [0.29, 0.717) is 32.3 Å². The second-order valence-corrected chi connectivity index (χ2v) is 33.9. The molecule has 7 heteroatoms. The van der Waals surface area contributed by atoms with Gasteiger partial charge in [0, 0.05) is 13.0 Å². The van der Waals surface area contributed by atoms with Crippen LogP contribution in [0.5, 0.6) is 0 Å². The van der Waals surface area contributed by atoms with Crippen molar-refractivity contribution < 1.29 is 18.4 Å². The average Bonchev–Trinajstić information content (AvgIpc) is 3.31. The van der Waals surface area contributed by atoms with Gasteiger partial charge in [-0.1, -0.05) is 263 Å². The van der Waals surface area contributed by atoms with Crippen LogP contribution >= 0.6 is 0 Å². The summed E-state index contributed by atoms with van der Waals surface area (Å²) < 4.78 is 23.4. The molecule has 352 valence electrons. The molecule has 0 fully saturated rings.